The number of hydrogen-bond acceptors (Lipinski definition) is 3. The van der Waals surface area contributed by atoms with Gasteiger partial charge in [0.25, 0.3) is 0 Å². The summed E-state index contributed by atoms with van der Waals surface area (Å²) in [4.78, 5) is 12.7. The average Bonchev–Trinajstić information content (AvgIpc) is 2.51. The van der Waals surface area contributed by atoms with Crippen LogP contribution in [0.5, 0.6) is 0 Å². The van der Waals surface area contributed by atoms with Crippen LogP contribution in [-0.2, 0) is 14.8 Å². The summed E-state index contributed by atoms with van der Waals surface area (Å²) in [5, 5.41) is 3.16. The molecule has 0 radical (unpaired) electrons. The second-order valence-electron chi connectivity index (χ2n) is 5.21. The van der Waals surface area contributed by atoms with Crippen molar-refractivity contribution in [3.8, 4) is 0 Å². The molecule has 1 amide bonds. The number of anilines is 1. The van der Waals surface area contributed by atoms with Crippen molar-refractivity contribution in [1.82, 2.24) is 4.31 Å². The van der Waals surface area contributed by atoms with Gasteiger partial charge in [-0.25, -0.2) is 8.42 Å². The third-order valence-electron chi connectivity index (χ3n) is 3.44. The van der Waals surface area contributed by atoms with Gasteiger partial charge in [0.15, 0.2) is 0 Å². The van der Waals surface area contributed by atoms with Crippen molar-refractivity contribution in [2.75, 3.05) is 18.6 Å². The predicted molar refractivity (Wildman–Crippen MR) is 99.6 cm³/mol. The number of sulfonamides is 1. The fourth-order valence-corrected chi connectivity index (χ4v) is 3.17. The molecule has 0 aromatic heterocycles. The molecular weight excluding hydrogens is 416 g/mol. The highest BCUT2D eigenvalue weighted by Crippen LogP contribution is 2.28. The third-order valence-corrected chi connectivity index (χ3v) is 5.93. The molecular formula is C16H16BrClN2O3S. The Bertz CT molecular complexity index is 844. The van der Waals surface area contributed by atoms with E-state index in [1.54, 1.807) is 48.5 Å². The van der Waals surface area contributed by atoms with Crippen molar-refractivity contribution in [3.05, 3.63) is 63.6 Å². The van der Waals surface area contributed by atoms with Crippen LogP contribution in [0, 0.1) is 0 Å². The maximum Gasteiger partial charge on any atom is 0.247 e. The molecule has 5 nitrogen and oxygen atoms in total. The first-order valence-electron chi connectivity index (χ1n) is 6.94. The quantitative estimate of drug-likeness (QED) is 0.785. The molecule has 0 bridgehead atoms. The van der Waals surface area contributed by atoms with Crippen molar-refractivity contribution in [2.45, 2.75) is 6.04 Å². The van der Waals surface area contributed by atoms with Crippen molar-refractivity contribution in [3.63, 3.8) is 0 Å². The molecule has 2 aromatic carbocycles. The maximum atomic E-state index is 12.7. The van der Waals surface area contributed by atoms with Crippen molar-refractivity contribution in [2.24, 2.45) is 0 Å². The molecule has 0 fully saturated rings. The largest absolute Gasteiger partial charge is 0.324 e. The van der Waals surface area contributed by atoms with Crippen LogP contribution in [0.2, 0.25) is 5.02 Å². The highest BCUT2D eigenvalue weighted by Gasteiger charge is 2.30. The standard InChI is InChI=1S/C16H16BrClN2O3S/c1-20(24(2,22)23)15(11-6-4-3-5-7-11)16(21)19-12-8-9-13(17)14(18)10-12/h3-10,15H,1-2H3,(H,19,21). The number of nitrogens with one attached hydrogen (secondary N) is 1. The molecule has 0 aliphatic rings. The SMILES string of the molecule is CN(C(C(=O)Nc1ccc(Br)c(Cl)c1)c1ccccc1)S(C)(=O)=O. The number of nitrogens with zero attached hydrogens (tertiary/aromatic N) is 1. The molecule has 0 saturated heterocycles. The number of carbonyl (C=O) groups is 1. The summed E-state index contributed by atoms with van der Waals surface area (Å²) in [6.07, 6.45) is 1.06. The highest BCUT2D eigenvalue weighted by molar-refractivity contribution is 9.10. The smallest absolute Gasteiger partial charge is 0.247 e. The molecule has 0 saturated carbocycles. The van der Waals surface area contributed by atoms with E-state index in [9.17, 15) is 13.2 Å². The zero-order valence-electron chi connectivity index (χ0n) is 13.0. The highest BCUT2D eigenvalue weighted by atomic mass is 79.9. The van der Waals surface area contributed by atoms with Crippen LogP contribution in [0.4, 0.5) is 5.69 Å². The van der Waals surface area contributed by atoms with E-state index in [2.05, 4.69) is 21.2 Å². The van der Waals surface area contributed by atoms with Crippen LogP contribution in [0.25, 0.3) is 0 Å². The van der Waals surface area contributed by atoms with Gasteiger partial charge in [0.1, 0.15) is 6.04 Å². The van der Waals surface area contributed by atoms with Gasteiger partial charge in [0.05, 0.1) is 11.3 Å². The van der Waals surface area contributed by atoms with E-state index in [-0.39, 0.29) is 0 Å². The third kappa shape index (κ3) is 4.57. The Morgan fingerprint density at radius 1 is 1.21 bits per heavy atom. The monoisotopic (exact) mass is 430 g/mol. The fraction of sp³-hybridized carbons (Fsp3) is 0.188. The lowest BCUT2D eigenvalue weighted by Crippen LogP contribution is -2.38. The van der Waals surface area contributed by atoms with E-state index in [1.807, 2.05) is 0 Å². The summed E-state index contributed by atoms with van der Waals surface area (Å²) < 4.78 is 25.6. The number of rotatable bonds is 5. The number of halogens is 2. The molecule has 0 aliphatic heterocycles. The normalized spacial score (nSPS) is 12.9. The summed E-state index contributed by atoms with van der Waals surface area (Å²) in [6.45, 7) is 0. The number of hydrogen-bond donors (Lipinski definition) is 1. The van der Waals surface area contributed by atoms with Gasteiger partial charge >= 0.3 is 0 Å². The van der Waals surface area contributed by atoms with Crippen LogP contribution < -0.4 is 5.32 Å². The number of likely N-dealkylation sites (N-methyl/N-ethyl adjacent to an activating group) is 1. The lowest BCUT2D eigenvalue weighted by molar-refractivity contribution is -0.119. The molecule has 2 rings (SSSR count). The van der Waals surface area contributed by atoms with Crippen LogP contribution in [0.15, 0.2) is 53.0 Å². The molecule has 2 aromatic rings. The Morgan fingerprint density at radius 2 is 1.83 bits per heavy atom. The molecule has 8 heteroatoms. The molecule has 0 spiro atoms. The molecule has 0 aliphatic carbocycles. The summed E-state index contributed by atoms with van der Waals surface area (Å²) in [6, 6.07) is 12.7. The average molecular weight is 432 g/mol. The van der Waals surface area contributed by atoms with E-state index < -0.39 is 22.0 Å². The van der Waals surface area contributed by atoms with Crippen molar-refractivity contribution >= 4 is 49.1 Å². The molecule has 1 unspecified atom stereocenters. The first-order valence-corrected chi connectivity index (χ1v) is 9.96. The Hall–Kier alpha value is -1.41. The fourth-order valence-electron chi connectivity index (χ4n) is 2.14. The second-order valence-corrected chi connectivity index (χ2v) is 8.51. The predicted octanol–water partition coefficient (Wildman–Crippen LogP) is 3.67. The van der Waals surface area contributed by atoms with Gasteiger partial charge < -0.3 is 5.32 Å². The molecule has 128 valence electrons. The minimum atomic E-state index is -3.56. The topological polar surface area (TPSA) is 66.5 Å². The second kappa shape index (κ2) is 7.65. The van der Waals surface area contributed by atoms with Gasteiger partial charge in [-0.2, -0.15) is 4.31 Å². The van der Waals surface area contributed by atoms with Gasteiger partial charge in [-0.3, -0.25) is 4.79 Å². The van der Waals surface area contributed by atoms with E-state index in [4.69, 9.17) is 11.6 Å². The van der Waals surface area contributed by atoms with Gasteiger partial charge in [-0.1, -0.05) is 41.9 Å². The Labute approximate surface area is 154 Å². The van der Waals surface area contributed by atoms with E-state index >= 15 is 0 Å². The van der Waals surface area contributed by atoms with Crippen LogP contribution in [0.3, 0.4) is 0 Å². The molecule has 24 heavy (non-hydrogen) atoms. The Kier molecular flexibility index (Phi) is 6.03. The summed E-state index contributed by atoms with van der Waals surface area (Å²) >= 11 is 9.30. The minimum Gasteiger partial charge on any atom is -0.324 e. The molecule has 1 N–H and O–H groups in total. The van der Waals surface area contributed by atoms with Gasteiger partial charge in [0.2, 0.25) is 15.9 Å². The maximum absolute atomic E-state index is 12.7. The number of benzene rings is 2. The van der Waals surface area contributed by atoms with Crippen molar-refractivity contribution in [1.29, 1.82) is 0 Å². The summed E-state index contributed by atoms with van der Waals surface area (Å²) in [5.41, 5.74) is 1.06. The Morgan fingerprint density at radius 3 is 2.38 bits per heavy atom. The lowest BCUT2D eigenvalue weighted by Gasteiger charge is -2.25. The van der Waals surface area contributed by atoms with Crippen LogP contribution in [0.1, 0.15) is 11.6 Å². The molecule has 0 heterocycles. The first-order chi connectivity index (χ1) is 11.2. The van der Waals surface area contributed by atoms with Crippen LogP contribution in [-0.4, -0.2) is 31.9 Å². The van der Waals surface area contributed by atoms with Gasteiger partial charge in [-0.15, -0.1) is 0 Å². The number of carbonyl (C=O) groups excluding carboxylic acids is 1. The zero-order chi connectivity index (χ0) is 17.9. The van der Waals surface area contributed by atoms with Crippen LogP contribution >= 0.6 is 27.5 Å². The summed E-state index contributed by atoms with van der Waals surface area (Å²) in [7, 11) is -2.19. The van der Waals surface area contributed by atoms with E-state index in [0.29, 0.717) is 20.7 Å². The number of amides is 1. The van der Waals surface area contributed by atoms with Gasteiger partial charge in [0, 0.05) is 17.2 Å². The summed E-state index contributed by atoms with van der Waals surface area (Å²) in [5.74, 6) is -0.465. The lowest BCUT2D eigenvalue weighted by atomic mass is 10.1. The zero-order valence-corrected chi connectivity index (χ0v) is 16.2. The van der Waals surface area contributed by atoms with E-state index in [1.165, 1.54) is 7.05 Å². The first kappa shape index (κ1) is 18.9. The Balaban J connectivity index is 2.36. The minimum absolute atomic E-state index is 0.445. The van der Waals surface area contributed by atoms with E-state index in [0.717, 1.165) is 10.6 Å². The van der Waals surface area contributed by atoms with Gasteiger partial charge in [-0.05, 0) is 39.7 Å². The van der Waals surface area contributed by atoms with Crippen molar-refractivity contribution < 1.29 is 13.2 Å². The molecule has 1 atom stereocenters.